The molecule has 0 atom stereocenters. The van der Waals surface area contributed by atoms with Crippen molar-refractivity contribution in [1.29, 1.82) is 0 Å². The van der Waals surface area contributed by atoms with Gasteiger partial charge >= 0.3 is 0 Å². The molecule has 1 N–H and O–H groups in total. The summed E-state index contributed by atoms with van der Waals surface area (Å²) in [5.41, 5.74) is 1.03. The normalized spacial score (nSPS) is 10.4. The lowest BCUT2D eigenvalue weighted by Gasteiger charge is -2.08. The maximum atomic E-state index is 13.0. The molecule has 0 spiro atoms. The molecule has 17 heavy (non-hydrogen) atoms. The van der Waals surface area contributed by atoms with Crippen molar-refractivity contribution in [2.45, 2.75) is 6.92 Å². The predicted molar refractivity (Wildman–Crippen MR) is 61.4 cm³/mol. The number of halogens is 3. The summed E-state index contributed by atoms with van der Waals surface area (Å²) >= 11 is 5.81. The van der Waals surface area contributed by atoms with Crippen molar-refractivity contribution >= 4 is 23.1 Å². The molecule has 0 saturated heterocycles. The number of aromatic nitrogens is 2. The van der Waals surface area contributed by atoms with Crippen molar-refractivity contribution in [3.63, 3.8) is 0 Å². The van der Waals surface area contributed by atoms with E-state index in [1.54, 1.807) is 6.92 Å². The van der Waals surface area contributed by atoms with Gasteiger partial charge in [0.2, 0.25) is 0 Å². The molecule has 2 rings (SSSR count). The Morgan fingerprint density at radius 1 is 1.18 bits per heavy atom. The van der Waals surface area contributed by atoms with E-state index in [0.717, 1.165) is 12.1 Å². The van der Waals surface area contributed by atoms with Gasteiger partial charge in [0.05, 0.1) is 0 Å². The van der Waals surface area contributed by atoms with Crippen molar-refractivity contribution in [1.82, 2.24) is 9.97 Å². The molecule has 1 aromatic carbocycles. The summed E-state index contributed by atoms with van der Waals surface area (Å²) in [5, 5.41) is 3.15. The Kier molecular flexibility index (Phi) is 3.19. The second-order valence-electron chi connectivity index (χ2n) is 3.39. The predicted octanol–water partition coefficient (Wildman–Crippen LogP) is 3.46. The molecule has 0 unspecified atom stereocenters. The highest BCUT2D eigenvalue weighted by atomic mass is 35.5. The van der Waals surface area contributed by atoms with E-state index >= 15 is 0 Å². The fourth-order valence-electron chi connectivity index (χ4n) is 1.27. The van der Waals surface area contributed by atoms with Crippen molar-refractivity contribution in [2.24, 2.45) is 0 Å². The van der Waals surface area contributed by atoms with Crippen LogP contribution in [0.3, 0.4) is 0 Å². The van der Waals surface area contributed by atoms with Crippen LogP contribution in [0.15, 0.2) is 24.5 Å². The largest absolute Gasteiger partial charge is 0.340 e. The number of hydrogen-bond acceptors (Lipinski definition) is 3. The summed E-state index contributed by atoms with van der Waals surface area (Å²) in [6, 6.07) is 3.49. The summed E-state index contributed by atoms with van der Waals surface area (Å²) in [7, 11) is 0. The highest BCUT2D eigenvalue weighted by Crippen LogP contribution is 2.22. The molecule has 0 saturated carbocycles. The maximum absolute atomic E-state index is 13.0. The van der Waals surface area contributed by atoms with Gasteiger partial charge in [-0.2, -0.15) is 0 Å². The fraction of sp³-hybridized carbons (Fsp3) is 0.0909. The number of rotatable bonds is 2. The van der Waals surface area contributed by atoms with Gasteiger partial charge in [-0.25, -0.2) is 18.7 Å². The Bertz CT molecular complexity index is 560. The van der Waals surface area contributed by atoms with Gasteiger partial charge in [0.1, 0.15) is 17.3 Å². The summed E-state index contributed by atoms with van der Waals surface area (Å²) in [6.07, 6.45) is 1.29. The van der Waals surface area contributed by atoms with Crippen molar-refractivity contribution in [3.05, 3.63) is 46.9 Å². The van der Waals surface area contributed by atoms with E-state index in [0.29, 0.717) is 22.2 Å². The maximum Gasteiger partial charge on any atom is 0.160 e. The van der Waals surface area contributed by atoms with E-state index < -0.39 is 11.6 Å². The molecule has 0 radical (unpaired) electrons. The average molecular weight is 256 g/mol. The first-order valence-electron chi connectivity index (χ1n) is 4.77. The van der Waals surface area contributed by atoms with E-state index in [1.165, 1.54) is 12.4 Å². The van der Waals surface area contributed by atoms with Gasteiger partial charge in [-0.05, 0) is 19.1 Å². The smallest absolute Gasteiger partial charge is 0.160 e. The molecule has 0 fully saturated rings. The molecule has 0 bridgehead atoms. The van der Waals surface area contributed by atoms with Gasteiger partial charge in [0.15, 0.2) is 11.6 Å². The summed E-state index contributed by atoms with van der Waals surface area (Å²) in [4.78, 5) is 7.76. The van der Waals surface area contributed by atoms with Crippen molar-refractivity contribution in [3.8, 4) is 0 Å². The lowest BCUT2D eigenvalue weighted by atomic mass is 10.3. The molecule has 1 heterocycles. The van der Waals surface area contributed by atoms with E-state index in [9.17, 15) is 8.78 Å². The van der Waals surface area contributed by atoms with Gasteiger partial charge in [-0.15, -0.1) is 0 Å². The third-order valence-corrected chi connectivity index (χ3v) is 2.59. The molecule has 2 aromatic rings. The summed E-state index contributed by atoms with van der Waals surface area (Å²) < 4.78 is 25.7. The third kappa shape index (κ3) is 2.50. The molecule has 0 aliphatic rings. The van der Waals surface area contributed by atoms with Crippen LogP contribution in [0, 0.1) is 18.6 Å². The van der Waals surface area contributed by atoms with Crippen molar-refractivity contribution < 1.29 is 8.78 Å². The molecule has 0 aliphatic heterocycles. The van der Waals surface area contributed by atoms with Crippen LogP contribution in [-0.2, 0) is 0 Å². The third-order valence-electron chi connectivity index (χ3n) is 2.20. The molecule has 0 aliphatic carbocycles. The Labute approximate surface area is 101 Å². The molecular formula is C11H8ClF2N3. The molecule has 6 heteroatoms. The van der Waals surface area contributed by atoms with Crippen LogP contribution in [0.25, 0.3) is 0 Å². The van der Waals surface area contributed by atoms with Crippen LogP contribution in [0.4, 0.5) is 20.3 Å². The lowest BCUT2D eigenvalue weighted by Crippen LogP contribution is -1.99. The topological polar surface area (TPSA) is 37.8 Å². The van der Waals surface area contributed by atoms with Gasteiger partial charge in [0.25, 0.3) is 0 Å². The number of anilines is 2. The van der Waals surface area contributed by atoms with Gasteiger partial charge in [-0.1, -0.05) is 11.6 Å². The Morgan fingerprint density at radius 2 is 1.94 bits per heavy atom. The highest BCUT2D eigenvalue weighted by Gasteiger charge is 2.07. The minimum Gasteiger partial charge on any atom is -0.340 e. The second kappa shape index (κ2) is 4.63. The van der Waals surface area contributed by atoms with Gasteiger partial charge < -0.3 is 5.32 Å². The zero-order valence-electron chi connectivity index (χ0n) is 8.84. The number of nitrogens with one attached hydrogen (secondary N) is 1. The van der Waals surface area contributed by atoms with Crippen LogP contribution in [0.2, 0.25) is 5.15 Å². The van der Waals surface area contributed by atoms with Crippen LogP contribution >= 0.6 is 11.6 Å². The van der Waals surface area contributed by atoms with Crippen LogP contribution in [0.5, 0.6) is 0 Å². The van der Waals surface area contributed by atoms with Gasteiger partial charge in [-0.3, -0.25) is 0 Å². The Hall–Kier alpha value is -1.75. The molecular weight excluding hydrogens is 248 g/mol. The SMILES string of the molecule is Cc1c(Cl)ncnc1Nc1ccc(F)c(F)c1. The quantitative estimate of drug-likeness (QED) is 0.835. The zero-order chi connectivity index (χ0) is 12.4. The monoisotopic (exact) mass is 255 g/mol. The molecule has 1 aromatic heterocycles. The average Bonchev–Trinajstić information content (AvgIpc) is 2.30. The van der Waals surface area contributed by atoms with Crippen LogP contribution < -0.4 is 5.32 Å². The number of hydrogen-bond donors (Lipinski definition) is 1. The standard InChI is InChI=1S/C11H8ClF2N3/c1-6-10(12)15-5-16-11(6)17-7-2-3-8(13)9(14)4-7/h2-5H,1H3,(H,15,16,17). The number of nitrogens with zero attached hydrogens (tertiary/aromatic N) is 2. The lowest BCUT2D eigenvalue weighted by molar-refractivity contribution is 0.509. The van der Waals surface area contributed by atoms with E-state index in [1.807, 2.05) is 0 Å². The first kappa shape index (κ1) is 11.7. The Balaban J connectivity index is 2.31. The van der Waals surface area contributed by atoms with Crippen molar-refractivity contribution in [2.75, 3.05) is 5.32 Å². The summed E-state index contributed by atoms with van der Waals surface area (Å²) in [5.74, 6) is -1.36. The van der Waals surface area contributed by atoms with Gasteiger partial charge in [0, 0.05) is 17.3 Å². The molecule has 0 amide bonds. The first-order valence-corrected chi connectivity index (χ1v) is 5.15. The fourth-order valence-corrected chi connectivity index (χ4v) is 1.40. The minimum absolute atomic E-state index is 0.310. The second-order valence-corrected chi connectivity index (χ2v) is 3.75. The van der Waals surface area contributed by atoms with E-state index in [2.05, 4.69) is 15.3 Å². The van der Waals surface area contributed by atoms with E-state index in [4.69, 9.17) is 11.6 Å². The minimum atomic E-state index is -0.923. The highest BCUT2D eigenvalue weighted by molar-refractivity contribution is 6.30. The Morgan fingerprint density at radius 3 is 2.65 bits per heavy atom. The van der Waals surface area contributed by atoms with Crippen LogP contribution in [0.1, 0.15) is 5.56 Å². The van der Waals surface area contributed by atoms with Crippen LogP contribution in [-0.4, -0.2) is 9.97 Å². The molecule has 3 nitrogen and oxygen atoms in total. The first-order chi connectivity index (χ1) is 8.08. The summed E-state index contributed by atoms with van der Waals surface area (Å²) in [6.45, 7) is 1.73. The zero-order valence-corrected chi connectivity index (χ0v) is 9.59. The van der Waals surface area contributed by atoms with E-state index in [-0.39, 0.29) is 0 Å². The number of benzene rings is 1. The molecule has 88 valence electrons.